The Hall–Kier alpha value is -0.340. The van der Waals surface area contributed by atoms with Crippen LogP contribution in [0.5, 0.6) is 0 Å². The average Bonchev–Trinajstić information content (AvgIpc) is 3.00. The minimum atomic E-state index is -0.00386. The monoisotopic (exact) mass is 523 g/mol. The predicted octanol–water partition coefficient (Wildman–Crippen LogP) is 4.28. The summed E-state index contributed by atoms with van der Waals surface area (Å²) < 4.78 is 6.42. The number of hydrogen-bond donors (Lipinski definition) is 1. The molecule has 1 heterocycles. The summed E-state index contributed by atoms with van der Waals surface area (Å²) in [7, 11) is 1.78. The zero-order chi connectivity index (χ0) is 17.6. The molecule has 0 saturated carbocycles. The third-order valence-corrected chi connectivity index (χ3v) is 5.05. The van der Waals surface area contributed by atoms with Gasteiger partial charge in [-0.1, -0.05) is 41.9 Å². The lowest BCUT2D eigenvalue weighted by Gasteiger charge is -2.26. The first kappa shape index (κ1) is 22.7. The van der Waals surface area contributed by atoms with Gasteiger partial charge in [-0.05, 0) is 31.0 Å². The van der Waals surface area contributed by atoms with Crippen LogP contribution in [0.25, 0.3) is 0 Å². The van der Waals surface area contributed by atoms with Gasteiger partial charge in [0.25, 0.3) is 0 Å². The summed E-state index contributed by atoms with van der Waals surface area (Å²) in [6.07, 6.45) is 1.17. The highest BCUT2D eigenvalue weighted by Gasteiger charge is 2.26. The van der Waals surface area contributed by atoms with Gasteiger partial charge in [0, 0.05) is 42.5 Å². The molecule has 1 N–H and O–H groups in total. The molecule has 1 aliphatic heterocycles. The second kappa shape index (κ2) is 10.7. The summed E-state index contributed by atoms with van der Waals surface area (Å²) in [6, 6.07) is 8.52. The molecule has 25 heavy (non-hydrogen) atoms. The van der Waals surface area contributed by atoms with Gasteiger partial charge >= 0.3 is 0 Å². The highest BCUT2D eigenvalue weighted by Crippen LogP contribution is 2.26. The van der Waals surface area contributed by atoms with Crippen molar-refractivity contribution in [2.24, 2.45) is 10.9 Å². The number of benzene rings is 1. The molecule has 0 bridgehead atoms. The van der Waals surface area contributed by atoms with Crippen LogP contribution in [0, 0.1) is 5.92 Å². The molecule has 0 amide bonds. The van der Waals surface area contributed by atoms with Crippen molar-refractivity contribution in [3.8, 4) is 0 Å². The lowest BCUT2D eigenvalue weighted by molar-refractivity contribution is 0.157. The molecule has 142 valence electrons. The molecule has 2 rings (SSSR count). The van der Waals surface area contributed by atoms with Crippen molar-refractivity contribution in [1.29, 1.82) is 0 Å². The lowest BCUT2D eigenvalue weighted by Crippen LogP contribution is -2.41. The third-order valence-electron chi connectivity index (χ3n) is 4.55. The molecule has 1 atom stereocenters. The molecule has 1 saturated heterocycles. The van der Waals surface area contributed by atoms with Crippen LogP contribution in [0.4, 0.5) is 0 Å². The molecule has 0 radical (unpaired) electrons. The molecule has 1 fully saturated rings. The van der Waals surface area contributed by atoms with Crippen LogP contribution in [-0.2, 0) is 10.2 Å². The van der Waals surface area contributed by atoms with E-state index in [1.807, 2.05) is 0 Å². The fraction of sp³-hybridized carbons (Fsp3) is 0.632. The van der Waals surface area contributed by atoms with Gasteiger partial charge in [0.2, 0.25) is 0 Å². The van der Waals surface area contributed by atoms with E-state index in [9.17, 15) is 0 Å². The van der Waals surface area contributed by atoms with Crippen LogP contribution >= 0.6 is 39.9 Å². The number of methoxy groups -OCH3 is 1. The van der Waals surface area contributed by atoms with Crippen molar-refractivity contribution in [2.75, 3.05) is 39.9 Å². The van der Waals surface area contributed by atoms with E-state index >= 15 is 0 Å². The molecular formula is C19H31BrIN3O. The molecule has 1 aliphatic rings. The van der Waals surface area contributed by atoms with Gasteiger partial charge in [0.15, 0.2) is 5.96 Å². The molecule has 0 aromatic heterocycles. The normalized spacial score (nSPS) is 18.2. The Balaban J connectivity index is 0.00000312. The number of guanidine groups is 1. The minimum absolute atomic E-state index is 0. The van der Waals surface area contributed by atoms with Gasteiger partial charge < -0.3 is 15.0 Å². The van der Waals surface area contributed by atoms with Crippen molar-refractivity contribution in [3.05, 3.63) is 34.3 Å². The van der Waals surface area contributed by atoms with E-state index in [4.69, 9.17) is 9.73 Å². The standard InChI is InChI=1S/C19H30BrN3O.HI/c1-5-21-18(23-10-9-15(12-23)13-24-4)22-14-19(2,3)16-7-6-8-17(20)11-16;/h6-8,11,15H,5,9-10,12-14H2,1-4H3,(H,21,22);1H. The Morgan fingerprint density at radius 3 is 2.84 bits per heavy atom. The summed E-state index contributed by atoms with van der Waals surface area (Å²) in [5.74, 6) is 1.64. The highest BCUT2D eigenvalue weighted by molar-refractivity contribution is 14.0. The number of hydrogen-bond acceptors (Lipinski definition) is 2. The molecular weight excluding hydrogens is 493 g/mol. The Morgan fingerprint density at radius 1 is 1.44 bits per heavy atom. The minimum Gasteiger partial charge on any atom is -0.384 e. The zero-order valence-electron chi connectivity index (χ0n) is 15.7. The van der Waals surface area contributed by atoms with Crippen LogP contribution < -0.4 is 5.32 Å². The number of aliphatic imine (C=N–C) groups is 1. The second-order valence-electron chi connectivity index (χ2n) is 7.12. The van der Waals surface area contributed by atoms with Gasteiger partial charge in [-0.15, -0.1) is 24.0 Å². The van der Waals surface area contributed by atoms with Gasteiger partial charge in [-0.3, -0.25) is 4.99 Å². The summed E-state index contributed by atoms with van der Waals surface area (Å²) >= 11 is 3.57. The van der Waals surface area contributed by atoms with E-state index in [-0.39, 0.29) is 29.4 Å². The van der Waals surface area contributed by atoms with Crippen LogP contribution in [0.2, 0.25) is 0 Å². The van der Waals surface area contributed by atoms with Gasteiger partial charge in [0.05, 0.1) is 13.2 Å². The van der Waals surface area contributed by atoms with E-state index in [1.165, 1.54) is 12.0 Å². The maximum Gasteiger partial charge on any atom is 0.193 e. The average molecular weight is 524 g/mol. The molecule has 4 nitrogen and oxygen atoms in total. The first-order valence-corrected chi connectivity index (χ1v) is 9.54. The first-order valence-electron chi connectivity index (χ1n) is 8.74. The Labute approximate surface area is 177 Å². The number of ether oxygens (including phenoxy) is 1. The fourth-order valence-corrected chi connectivity index (χ4v) is 3.50. The fourth-order valence-electron chi connectivity index (χ4n) is 3.10. The van der Waals surface area contributed by atoms with Crippen molar-refractivity contribution < 1.29 is 4.74 Å². The molecule has 0 aliphatic carbocycles. The Bertz CT molecular complexity index is 565. The smallest absolute Gasteiger partial charge is 0.193 e. The second-order valence-corrected chi connectivity index (χ2v) is 8.04. The van der Waals surface area contributed by atoms with Crippen LogP contribution in [0.1, 0.15) is 32.8 Å². The number of likely N-dealkylation sites (tertiary alicyclic amines) is 1. The van der Waals surface area contributed by atoms with Crippen molar-refractivity contribution >= 4 is 45.9 Å². The van der Waals surface area contributed by atoms with Gasteiger partial charge in [-0.25, -0.2) is 0 Å². The Morgan fingerprint density at radius 2 is 2.20 bits per heavy atom. The topological polar surface area (TPSA) is 36.9 Å². The number of rotatable bonds is 6. The van der Waals surface area contributed by atoms with E-state index < -0.39 is 0 Å². The van der Waals surface area contributed by atoms with Crippen molar-refractivity contribution in [3.63, 3.8) is 0 Å². The quantitative estimate of drug-likeness (QED) is 0.343. The summed E-state index contributed by atoms with van der Waals surface area (Å²) in [5.41, 5.74) is 1.30. The Kier molecular flexibility index (Phi) is 9.74. The molecule has 1 aromatic carbocycles. The number of halogens is 2. The third kappa shape index (κ3) is 6.71. The highest BCUT2D eigenvalue weighted by atomic mass is 127. The van der Waals surface area contributed by atoms with Crippen LogP contribution in [-0.4, -0.2) is 50.8 Å². The van der Waals surface area contributed by atoms with Crippen molar-refractivity contribution in [1.82, 2.24) is 10.2 Å². The maximum atomic E-state index is 5.31. The summed E-state index contributed by atoms with van der Waals surface area (Å²) in [4.78, 5) is 7.31. The SMILES string of the molecule is CCNC(=NCC(C)(C)c1cccc(Br)c1)N1CCC(COC)C1.I. The van der Waals surface area contributed by atoms with E-state index in [0.717, 1.165) is 43.2 Å². The largest absolute Gasteiger partial charge is 0.384 e. The zero-order valence-corrected chi connectivity index (χ0v) is 19.6. The summed E-state index contributed by atoms with van der Waals surface area (Å²) in [6.45, 7) is 11.2. The van der Waals surface area contributed by atoms with Gasteiger partial charge in [0.1, 0.15) is 0 Å². The number of nitrogens with one attached hydrogen (secondary N) is 1. The molecule has 1 aromatic rings. The van der Waals surface area contributed by atoms with Crippen LogP contribution in [0.3, 0.4) is 0 Å². The predicted molar refractivity (Wildman–Crippen MR) is 120 cm³/mol. The number of nitrogens with zero attached hydrogens (tertiary/aromatic N) is 2. The van der Waals surface area contributed by atoms with Gasteiger partial charge in [-0.2, -0.15) is 0 Å². The van der Waals surface area contributed by atoms with Crippen LogP contribution in [0.15, 0.2) is 33.7 Å². The van der Waals surface area contributed by atoms with E-state index in [0.29, 0.717) is 5.92 Å². The van der Waals surface area contributed by atoms with Crippen molar-refractivity contribution in [2.45, 2.75) is 32.6 Å². The van der Waals surface area contributed by atoms with E-state index in [2.05, 4.69) is 71.2 Å². The molecule has 1 unspecified atom stereocenters. The van der Waals surface area contributed by atoms with E-state index in [1.54, 1.807) is 7.11 Å². The summed E-state index contributed by atoms with van der Waals surface area (Å²) in [5, 5.41) is 3.45. The molecule has 0 spiro atoms. The lowest BCUT2D eigenvalue weighted by atomic mass is 9.85. The first-order chi connectivity index (χ1) is 11.5. The molecule has 6 heteroatoms. The maximum absolute atomic E-state index is 5.31.